The van der Waals surface area contributed by atoms with Gasteiger partial charge in [0.1, 0.15) is 6.04 Å². The number of hydrogen-bond donors (Lipinski definition) is 2. The van der Waals surface area contributed by atoms with Gasteiger partial charge in [0.25, 0.3) is 5.91 Å². The Kier molecular flexibility index (Phi) is 5.17. The third kappa shape index (κ3) is 3.74. The standard InChI is InChI=1S/C24H19ClN6O/c1-15-20(23(32)28-19-11-6-12-26-14-19)21(16-7-3-2-4-8-16)31-24(27-15)29-22(30-31)17-9-5-10-18(25)13-17/h2-14,21H,1H3,(H,28,32)(H,27,29,30). The highest BCUT2D eigenvalue weighted by atomic mass is 35.5. The molecule has 32 heavy (non-hydrogen) atoms. The summed E-state index contributed by atoms with van der Waals surface area (Å²) in [6.07, 6.45) is 3.27. The Bertz CT molecular complexity index is 1320. The molecule has 0 saturated carbocycles. The molecule has 0 radical (unpaired) electrons. The summed E-state index contributed by atoms with van der Waals surface area (Å²) in [7, 11) is 0. The van der Waals surface area contributed by atoms with Crippen molar-refractivity contribution in [2.24, 2.45) is 0 Å². The molecule has 4 aromatic rings. The van der Waals surface area contributed by atoms with E-state index in [0.29, 0.717) is 33.8 Å². The SMILES string of the molecule is CC1=C(C(=O)Nc2cccnc2)C(c2ccccc2)n2nc(-c3cccc(Cl)c3)nc2N1. The number of allylic oxidation sites excluding steroid dienone is 1. The fourth-order valence-corrected chi connectivity index (χ4v) is 3.96. The number of halogens is 1. The zero-order valence-corrected chi connectivity index (χ0v) is 17.9. The first-order valence-corrected chi connectivity index (χ1v) is 10.4. The molecule has 2 N–H and O–H groups in total. The molecular weight excluding hydrogens is 424 g/mol. The van der Waals surface area contributed by atoms with Crippen LogP contribution in [0.25, 0.3) is 11.4 Å². The largest absolute Gasteiger partial charge is 0.328 e. The number of pyridine rings is 1. The molecule has 0 spiro atoms. The second-order valence-electron chi connectivity index (χ2n) is 7.39. The van der Waals surface area contributed by atoms with Crippen molar-refractivity contribution in [2.75, 3.05) is 10.6 Å². The van der Waals surface area contributed by atoms with Gasteiger partial charge in [-0.3, -0.25) is 9.78 Å². The number of fused-ring (bicyclic) bond motifs is 1. The van der Waals surface area contributed by atoms with Gasteiger partial charge >= 0.3 is 0 Å². The molecule has 2 aromatic heterocycles. The van der Waals surface area contributed by atoms with Gasteiger partial charge in [-0.2, -0.15) is 4.98 Å². The van der Waals surface area contributed by atoms with Gasteiger partial charge in [-0.05, 0) is 36.8 Å². The average molecular weight is 443 g/mol. The van der Waals surface area contributed by atoms with Crippen LogP contribution in [0.5, 0.6) is 0 Å². The van der Waals surface area contributed by atoms with E-state index in [-0.39, 0.29) is 5.91 Å². The lowest BCUT2D eigenvalue weighted by molar-refractivity contribution is -0.113. The van der Waals surface area contributed by atoms with E-state index in [1.54, 1.807) is 35.3 Å². The highest BCUT2D eigenvalue weighted by Crippen LogP contribution is 2.36. The van der Waals surface area contributed by atoms with Crippen LogP contribution in [0.4, 0.5) is 11.6 Å². The van der Waals surface area contributed by atoms with Crippen molar-refractivity contribution in [2.45, 2.75) is 13.0 Å². The van der Waals surface area contributed by atoms with Crippen LogP contribution in [-0.4, -0.2) is 25.7 Å². The van der Waals surface area contributed by atoms with Gasteiger partial charge in [0.05, 0.1) is 17.5 Å². The van der Waals surface area contributed by atoms with Crippen LogP contribution in [-0.2, 0) is 4.79 Å². The maximum Gasteiger partial charge on any atom is 0.255 e. The lowest BCUT2D eigenvalue weighted by Gasteiger charge is -2.28. The van der Waals surface area contributed by atoms with Crippen molar-refractivity contribution >= 4 is 29.1 Å². The zero-order valence-electron chi connectivity index (χ0n) is 17.2. The fourth-order valence-electron chi connectivity index (χ4n) is 3.77. The topological polar surface area (TPSA) is 84.7 Å². The molecule has 0 aliphatic carbocycles. The summed E-state index contributed by atoms with van der Waals surface area (Å²) < 4.78 is 1.75. The molecule has 0 saturated heterocycles. The second-order valence-corrected chi connectivity index (χ2v) is 7.82. The second kappa shape index (κ2) is 8.28. The molecule has 5 rings (SSSR count). The lowest BCUT2D eigenvalue weighted by atomic mass is 9.95. The number of aromatic nitrogens is 4. The average Bonchev–Trinajstić information content (AvgIpc) is 3.23. The predicted molar refractivity (Wildman–Crippen MR) is 124 cm³/mol. The number of amides is 1. The van der Waals surface area contributed by atoms with E-state index in [0.717, 1.165) is 11.1 Å². The Balaban J connectivity index is 1.60. The first-order chi connectivity index (χ1) is 15.6. The van der Waals surface area contributed by atoms with E-state index in [1.165, 1.54) is 0 Å². The number of hydrogen-bond acceptors (Lipinski definition) is 5. The van der Waals surface area contributed by atoms with Crippen LogP contribution in [0.1, 0.15) is 18.5 Å². The Morgan fingerprint density at radius 1 is 1.09 bits per heavy atom. The summed E-state index contributed by atoms with van der Waals surface area (Å²) in [4.78, 5) is 22.1. The molecule has 0 fully saturated rings. The predicted octanol–water partition coefficient (Wildman–Crippen LogP) is 4.92. The van der Waals surface area contributed by atoms with Gasteiger partial charge in [0.15, 0.2) is 5.82 Å². The molecule has 1 amide bonds. The first kappa shape index (κ1) is 20.0. The molecule has 1 unspecified atom stereocenters. The van der Waals surface area contributed by atoms with Crippen LogP contribution in [0.2, 0.25) is 5.02 Å². The van der Waals surface area contributed by atoms with Crippen molar-refractivity contribution in [3.8, 4) is 11.4 Å². The first-order valence-electron chi connectivity index (χ1n) is 10.1. The van der Waals surface area contributed by atoms with Crippen LogP contribution >= 0.6 is 11.6 Å². The van der Waals surface area contributed by atoms with Crippen molar-refractivity contribution in [1.29, 1.82) is 0 Å². The maximum atomic E-state index is 13.4. The molecular formula is C24H19ClN6O. The summed E-state index contributed by atoms with van der Waals surface area (Å²) >= 11 is 6.17. The molecule has 1 aliphatic rings. The van der Waals surface area contributed by atoms with Crippen LogP contribution in [0.15, 0.2) is 90.4 Å². The number of nitrogens with zero attached hydrogens (tertiary/aromatic N) is 4. The number of carbonyl (C=O) groups is 1. The van der Waals surface area contributed by atoms with Gasteiger partial charge in [0.2, 0.25) is 5.95 Å². The van der Waals surface area contributed by atoms with E-state index in [4.69, 9.17) is 16.7 Å². The van der Waals surface area contributed by atoms with Gasteiger partial charge in [-0.1, -0.05) is 54.1 Å². The van der Waals surface area contributed by atoms with Crippen molar-refractivity contribution in [3.05, 3.63) is 101 Å². The molecule has 1 aliphatic heterocycles. The van der Waals surface area contributed by atoms with E-state index >= 15 is 0 Å². The van der Waals surface area contributed by atoms with Crippen molar-refractivity contribution in [1.82, 2.24) is 19.7 Å². The normalized spacial score (nSPS) is 15.1. The Morgan fingerprint density at radius 3 is 2.69 bits per heavy atom. The molecule has 2 aromatic carbocycles. The number of rotatable bonds is 4. The molecule has 158 valence electrons. The van der Waals surface area contributed by atoms with E-state index < -0.39 is 6.04 Å². The van der Waals surface area contributed by atoms with Crippen molar-refractivity contribution in [3.63, 3.8) is 0 Å². The minimum absolute atomic E-state index is 0.234. The van der Waals surface area contributed by atoms with Crippen molar-refractivity contribution < 1.29 is 4.79 Å². The summed E-state index contributed by atoms with van der Waals surface area (Å²) in [5, 5.41) is 11.5. The highest BCUT2D eigenvalue weighted by Gasteiger charge is 2.34. The van der Waals surface area contributed by atoms with E-state index in [2.05, 4.69) is 20.6 Å². The van der Waals surface area contributed by atoms with Gasteiger partial charge in [0, 0.05) is 22.5 Å². The molecule has 3 heterocycles. The Morgan fingerprint density at radius 2 is 1.94 bits per heavy atom. The van der Waals surface area contributed by atoms with E-state index in [9.17, 15) is 4.79 Å². The summed E-state index contributed by atoms with van der Waals surface area (Å²) in [5.41, 5.74) is 3.60. The van der Waals surface area contributed by atoms with Gasteiger partial charge in [-0.25, -0.2) is 4.68 Å². The smallest absolute Gasteiger partial charge is 0.255 e. The molecule has 8 heteroatoms. The third-order valence-corrected chi connectivity index (χ3v) is 5.45. The summed E-state index contributed by atoms with van der Waals surface area (Å²) in [5.74, 6) is 0.851. The molecule has 1 atom stereocenters. The fraction of sp³-hybridized carbons (Fsp3) is 0.0833. The lowest BCUT2D eigenvalue weighted by Crippen LogP contribution is -2.31. The van der Waals surface area contributed by atoms with E-state index in [1.807, 2.05) is 55.5 Å². The van der Waals surface area contributed by atoms with Gasteiger partial charge in [-0.15, -0.1) is 5.10 Å². The summed E-state index contributed by atoms with van der Waals surface area (Å²) in [6.45, 7) is 1.87. The maximum absolute atomic E-state index is 13.4. The third-order valence-electron chi connectivity index (χ3n) is 5.21. The number of nitrogens with one attached hydrogen (secondary N) is 2. The number of anilines is 2. The molecule has 7 nitrogen and oxygen atoms in total. The highest BCUT2D eigenvalue weighted by molar-refractivity contribution is 6.30. The zero-order chi connectivity index (χ0) is 22.1. The minimum atomic E-state index is -0.454. The minimum Gasteiger partial charge on any atom is -0.328 e. The quantitative estimate of drug-likeness (QED) is 0.468. The number of benzene rings is 2. The Hall–Kier alpha value is -3.97. The summed E-state index contributed by atoms with van der Waals surface area (Å²) in [6, 6.07) is 20.3. The van der Waals surface area contributed by atoms with Gasteiger partial charge < -0.3 is 10.6 Å². The number of carbonyl (C=O) groups excluding carboxylic acids is 1. The van der Waals surface area contributed by atoms with Crippen LogP contribution < -0.4 is 10.6 Å². The van der Waals surface area contributed by atoms with Crippen LogP contribution in [0, 0.1) is 0 Å². The monoisotopic (exact) mass is 442 g/mol. The molecule has 0 bridgehead atoms. The Labute approximate surface area is 189 Å². The van der Waals surface area contributed by atoms with Crippen LogP contribution in [0.3, 0.4) is 0 Å².